The molecule has 1 aromatic heterocycles. The highest BCUT2D eigenvalue weighted by molar-refractivity contribution is 5.97. The number of rotatable bonds is 16. The third kappa shape index (κ3) is 15.8. The Labute approximate surface area is 404 Å². The summed E-state index contributed by atoms with van der Waals surface area (Å²) < 4.78 is 19.2. The van der Waals surface area contributed by atoms with Crippen molar-refractivity contribution in [1.29, 1.82) is 0 Å². The number of aromatic nitrogens is 3. The van der Waals surface area contributed by atoms with Crippen LogP contribution in [0.2, 0.25) is 0 Å². The number of benzene rings is 3. The highest BCUT2D eigenvalue weighted by Crippen LogP contribution is 2.34. The van der Waals surface area contributed by atoms with Crippen molar-refractivity contribution in [2.75, 3.05) is 42.9 Å². The van der Waals surface area contributed by atoms with E-state index in [0.29, 0.717) is 70.9 Å². The molecule has 0 bridgehead atoms. The van der Waals surface area contributed by atoms with Crippen molar-refractivity contribution >= 4 is 46.1 Å². The summed E-state index contributed by atoms with van der Waals surface area (Å²) in [5.74, 6) is 0. The summed E-state index contributed by atoms with van der Waals surface area (Å²) in [7, 11) is 0. The molecule has 68 heavy (non-hydrogen) atoms. The molecule has 1 aliphatic heterocycles. The van der Waals surface area contributed by atoms with Crippen LogP contribution in [0.25, 0.3) is 15.6 Å². The van der Waals surface area contributed by atoms with E-state index >= 15 is 0 Å². The van der Waals surface area contributed by atoms with Gasteiger partial charge in [0.05, 0.1) is 19.3 Å². The summed E-state index contributed by atoms with van der Waals surface area (Å²) in [6.45, 7) is 28.6. The van der Waals surface area contributed by atoms with Crippen LogP contribution in [0.4, 0.5) is 31.4 Å². The fourth-order valence-electron chi connectivity index (χ4n) is 8.81. The van der Waals surface area contributed by atoms with Gasteiger partial charge in [-0.25, -0.2) is 19.2 Å². The second-order valence-electron chi connectivity index (χ2n) is 21.3. The summed E-state index contributed by atoms with van der Waals surface area (Å²) in [5.41, 5.74) is 2.65. The molecule has 0 atom stereocenters. The lowest BCUT2D eigenvalue weighted by Crippen LogP contribution is -2.46. The maximum Gasteiger partial charge on any atom is 0.410 e. The van der Waals surface area contributed by atoms with Crippen molar-refractivity contribution < 1.29 is 28.6 Å². The summed E-state index contributed by atoms with van der Waals surface area (Å²) in [6, 6.07) is 20.8. The van der Waals surface area contributed by atoms with Crippen LogP contribution < -0.4 is 10.2 Å². The first kappa shape index (κ1) is 51.4. The average molecular weight is 934 g/mol. The molecule has 4 aromatic rings. The Morgan fingerprint density at radius 2 is 1.41 bits per heavy atom. The first-order chi connectivity index (χ1) is 32.2. The van der Waals surface area contributed by atoms with Crippen LogP contribution in [0.3, 0.4) is 0 Å². The molecule has 368 valence electrons. The van der Waals surface area contributed by atoms with E-state index < -0.39 is 16.8 Å². The second-order valence-corrected chi connectivity index (χ2v) is 21.3. The summed E-state index contributed by atoms with van der Waals surface area (Å²) in [4.78, 5) is 51.1. The van der Waals surface area contributed by atoms with Gasteiger partial charge in [-0.2, -0.15) is 0 Å². The van der Waals surface area contributed by atoms with E-state index in [1.54, 1.807) is 9.80 Å². The minimum absolute atomic E-state index is 0.137. The summed E-state index contributed by atoms with van der Waals surface area (Å²) >= 11 is 0. The van der Waals surface area contributed by atoms with Crippen LogP contribution in [-0.2, 0) is 33.8 Å². The van der Waals surface area contributed by atoms with Crippen molar-refractivity contribution in [2.24, 2.45) is 0 Å². The Morgan fingerprint density at radius 3 is 2.07 bits per heavy atom. The van der Waals surface area contributed by atoms with Crippen LogP contribution >= 0.6 is 0 Å². The molecule has 1 N–H and O–H groups in total. The first-order valence-corrected chi connectivity index (χ1v) is 24.6. The van der Waals surface area contributed by atoms with Crippen molar-refractivity contribution in [2.45, 2.75) is 169 Å². The Hall–Kier alpha value is -6.04. The highest BCUT2D eigenvalue weighted by Gasteiger charge is 2.31. The van der Waals surface area contributed by atoms with Gasteiger partial charge in [-0.1, -0.05) is 73.0 Å². The normalized spacial score (nSPS) is 15.1. The van der Waals surface area contributed by atoms with Crippen LogP contribution in [0, 0.1) is 6.57 Å². The third-order valence-electron chi connectivity index (χ3n) is 12.0. The summed E-state index contributed by atoms with van der Waals surface area (Å²) in [6.07, 6.45) is 9.11. The lowest BCUT2D eigenvalue weighted by atomic mass is 9.94. The van der Waals surface area contributed by atoms with Gasteiger partial charge in [-0.3, -0.25) is 4.68 Å². The Balaban J connectivity index is 1.15. The van der Waals surface area contributed by atoms with Gasteiger partial charge in [-0.15, -0.1) is 5.10 Å². The SMILES string of the molecule is [C-]#[N+]c1ccc(CN(Cc2cn(CCCN(CCCN(C(=O)OC(C)(C)C)C3CCCCC3)C(=O)OC(C)(C)C)nn2)c2cc(NC3CCN(C(=O)OC(C)(C)C)CC3)c3ccccc3c2)cc1. The van der Waals surface area contributed by atoms with E-state index in [1.807, 2.05) is 108 Å². The van der Waals surface area contributed by atoms with Gasteiger partial charge < -0.3 is 39.1 Å². The number of nitrogens with one attached hydrogen (secondary N) is 1. The molecule has 0 radical (unpaired) electrons. The minimum atomic E-state index is -0.658. The second kappa shape index (κ2) is 22.8. The number of ether oxygens (including phenoxy) is 3. The Bertz CT molecular complexity index is 2320. The average Bonchev–Trinajstić information content (AvgIpc) is 3.72. The number of piperidine rings is 1. The minimum Gasteiger partial charge on any atom is -0.444 e. The molecule has 6 rings (SSSR count). The number of fused-ring (bicyclic) bond motifs is 1. The molecule has 3 amide bonds. The fourth-order valence-corrected chi connectivity index (χ4v) is 8.81. The van der Waals surface area contributed by atoms with E-state index in [-0.39, 0.29) is 30.4 Å². The molecular formula is C53H75N9O6. The highest BCUT2D eigenvalue weighted by atomic mass is 16.6. The molecule has 0 spiro atoms. The largest absolute Gasteiger partial charge is 0.444 e. The quantitative estimate of drug-likeness (QED) is 0.0853. The molecule has 0 unspecified atom stereocenters. The standard InChI is InChI=1S/C53H75N9O6/c1-51(2,3)66-48(63)58(29-17-31-62(44-19-12-11-13-20-44)50(65)68-53(7,8)9)28-16-30-61-38-43(56-57-61)37-60(36-39-22-24-41(54-10)25-23-39)45-34-40-18-14-15-21-46(40)47(35-45)55-42-26-32-59(33-27-42)49(64)67-52(4,5)6/h14-15,18,21-25,34-35,38,42,44,55H,11-13,16-17,19-20,26-33,36-37H2,1-9H3. The molecular weight excluding hydrogens is 859 g/mol. The molecule has 3 aromatic carbocycles. The van der Waals surface area contributed by atoms with Crippen LogP contribution in [-0.4, -0.2) is 110 Å². The van der Waals surface area contributed by atoms with Crippen molar-refractivity contribution in [3.05, 3.63) is 89.5 Å². The smallest absolute Gasteiger partial charge is 0.410 e. The van der Waals surface area contributed by atoms with Gasteiger partial charge in [0, 0.05) is 74.7 Å². The number of anilines is 2. The number of hydrogen-bond donors (Lipinski definition) is 1. The number of nitrogens with zero attached hydrogens (tertiary/aromatic N) is 8. The zero-order valence-corrected chi connectivity index (χ0v) is 42.1. The molecule has 1 saturated heterocycles. The molecule has 1 saturated carbocycles. The van der Waals surface area contributed by atoms with Crippen molar-refractivity contribution in [3.8, 4) is 0 Å². The van der Waals surface area contributed by atoms with E-state index in [1.165, 1.54) is 6.42 Å². The lowest BCUT2D eigenvalue weighted by Gasteiger charge is -2.36. The molecule has 15 nitrogen and oxygen atoms in total. The number of carbonyl (C=O) groups is 3. The summed E-state index contributed by atoms with van der Waals surface area (Å²) in [5, 5.41) is 15.2. The van der Waals surface area contributed by atoms with Gasteiger partial charge in [0.25, 0.3) is 0 Å². The maximum absolute atomic E-state index is 13.6. The predicted molar refractivity (Wildman–Crippen MR) is 268 cm³/mol. The fraction of sp³-hybridized carbons (Fsp3) is 0.585. The number of hydrogen-bond acceptors (Lipinski definition) is 10. The van der Waals surface area contributed by atoms with E-state index in [2.05, 4.69) is 55.7 Å². The van der Waals surface area contributed by atoms with Gasteiger partial charge >= 0.3 is 18.3 Å². The monoisotopic (exact) mass is 934 g/mol. The molecule has 2 heterocycles. The zero-order chi connectivity index (χ0) is 49.1. The van der Waals surface area contributed by atoms with Crippen LogP contribution in [0.5, 0.6) is 0 Å². The molecule has 1 aliphatic carbocycles. The number of aryl methyl sites for hydroxylation is 1. The van der Waals surface area contributed by atoms with E-state index in [9.17, 15) is 14.4 Å². The Morgan fingerprint density at radius 1 is 0.765 bits per heavy atom. The Kier molecular flexibility index (Phi) is 17.2. The number of likely N-dealkylation sites (tertiary alicyclic amines) is 1. The van der Waals surface area contributed by atoms with Gasteiger partial charge in [0.1, 0.15) is 22.5 Å². The lowest BCUT2D eigenvalue weighted by molar-refractivity contribution is 0.00978. The number of carbonyl (C=O) groups excluding carboxylic acids is 3. The molecule has 2 aliphatic rings. The molecule has 15 heteroatoms. The van der Waals surface area contributed by atoms with Gasteiger partial charge in [-0.05, 0) is 124 Å². The van der Waals surface area contributed by atoms with Gasteiger partial charge in [0.2, 0.25) is 0 Å². The maximum atomic E-state index is 13.6. The topological polar surface area (TPSA) is 139 Å². The van der Waals surface area contributed by atoms with Gasteiger partial charge in [0.15, 0.2) is 5.69 Å². The predicted octanol–water partition coefficient (Wildman–Crippen LogP) is 11.6. The van der Waals surface area contributed by atoms with Crippen LogP contribution in [0.1, 0.15) is 131 Å². The zero-order valence-electron chi connectivity index (χ0n) is 42.1. The van der Waals surface area contributed by atoms with E-state index in [0.717, 1.165) is 71.9 Å². The van der Waals surface area contributed by atoms with E-state index in [4.69, 9.17) is 20.8 Å². The van der Waals surface area contributed by atoms with Crippen molar-refractivity contribution in [1.82, 2.24) is 29.7 Å². The van der Waals surface area contributed by atoms with Crippen molar-refractivity contribution in [3.63, 3.8) is 0 Å². The first-order valence-electron chi connectivity index (χ1n) is 24.6. The molecule has 2 fully saturated rings. The van der Waals surface area contributed by atoms with Crippen LogP contribution in [0.15, 0.2) is 66.9 Å². The third-order valence-corrected chi connectivity index (χ3v) is 12.0. The number of amides is 3.